The standard InChI is InChI=1S/C18H32N6O11/c19-15(30)10(1-2-14(28)29)23-18(33)24-12(8-26)17(32)21-3-4-34-5-6-35-9-13(27)22-11(7-25)16(20)31/h10-12,25-26H,1-9H2,(H2,19,30)(H2,20,31)(H,21,32)(H,22,27)(H,28,29)(H2,23,24,33)/t10-,11+,12+/m1/s1. The lowest BCUT2D eigenvalue weighted by Crippen LogP contribution is -2.55. The smallest absolute Gasteiger partial charge is 0.316 e. The molecule has 17 heteroatoms. The van der Waals surface area contributed by atoms with Gasteiger partial charge in [0.15, 0.2) is 0 Å². The van der Waals surface area contributed by atoms with Crippen LogP contribution in [0.4, 0.5) is 4.79 Å². The molecule has 0 saturated carbocycles. The number of ether oxygens (including phenoxy) is 2. The highest BCUT2D eigenvalue weighted by atomic mass is 16.5. The fourth-order valence-electron chi connectivity index (χ4n) is 2.30. The zero-order chi connectivity index (χ0) is 26.8. The third kappa shape index (κ3) is 15.1. The highest BCUT2D eigenvalue weighted by Gasteiger charge is 2.23. The number of hydrogen-bond acceptors (Lipinski definition) is 10. The van der Waals surface area contributed by atoms with Gasteiger partial charge in [-0.15, -0.1) is 0 Å². The Labute approximate surface area is 199 Å². The molecule has 11 N–H and O–H groups in total. The predicted molar refractivity (Wildman–Crippen MR) is 115 cm³/mol. The Bertz CT molecular complexity index is 736. The van der Waals surface area contributed by atoms with Crippen LogP contribution in [0.3, 0.4) is 0 Å². The van der Waals surface area contributed by atoms with Gasteiger partial charge in [0.2, 0.25) is 23.6 Å². The summed E-state index contributed by atoms with van der Waals surface area (Å²) in [5.41, 5.74) is 10.1. The second kappa shape index (κ2) is 17.9. The number of hydrogen-bond donors (Lipinski definition) is 9. The van der Waals surface area contributed by atoms with Gasteiger partial charge in [0, 0.05) is 13.0 Å². The molecule has 0 aliphatic carbocycles. The van der Waals surface area contributed by atoms with Crippen LogP contribution in [0.1, 0.15) is 12.8 Å². The zero-order valence-electron chi connectivity index (χ0n) is 18.9. The number of carboxylic acid groups (broad SMARTS) is 1. The SMILES string of the molecule is NC(=O)[C@H](CO)NC(=O)COCCOCCNC(=O)[C@H](CO)NC(=O)N[C@H](CCC(=O)O)C(N)=O. The van der Waals surface area contributed by atoms with Gasteiger partial charge in [-0.05, 0) is 6.42 Å². The lowest BCUT2D eigenvalue weighted by molar-refractivity contribution is -0.137. The first-order valence-electron chi connectivity index (χ1n) is 10.3. The average molecular weight is 508 g/mol. The number of aliphatic hydroxyl groups excluding tert-OH is 2. The quantitative estimate of drug-likeness (QED) is 0.0741. The van der Waals surface area contributed by atoms with E-state index in [1.165, 1.54) is 0 Å². The van der Waals surface area contributed by atoms with Crippen LogP contribution in [0.2, 0.25) is 0 Å². The van der Waals surface area contributed by atoms with Gasteiger partial charge >= 0.3 is 12.0 Å². The van der Waals surface area contributed by atoms with Gasteiger partial charge in [-0.3, -0.25) is 24.0 Å². The molecule has 0 saturated heterocycles. The zero-order valence-corrected chi connectivity index (χ0v) is 18.9. The van der Waals surface area contributed by atoms with Crippen molar-refractivity contribution in [3.63, 3.8) is 0 Å². The van der Waals surface area contributed by atoms with Gasteiger partial charge in [-0.2, -0.15) is 0 Å². The van der Waals surface area contributed by atoms with Crippen LogP contribution in [0.15, 0.2) is 0 Å². The molecule has 0 aliphatic rings. The summed E-state index contributed by atoms with van der Waals surface area (Å²) in [6.45, 7) is -1.73. The van der Waals surface area contributed by atoms with Crippen molar-refractivity contribution in [2.24, 2.45) is 11.5 Å². The topological polar surface area (TPSA) is 282 Å². The summed E-state index contributed by atoms with van der Waals surface area (Å²) < 4.78 is 10.2. The van der Waals surface area contributed by atoms with Crippen molar-refractivity contribution in [2.45, 2.75) is 31.0 Å². The minimum atomic E-state index is -1.37. The first-order valence-corrected chi connectivity index (χ1v) is 10.3. The minimum absolute atomic E-state index is 0.00156. The van der Waals surface area contributed by atoms with Gasteiger partial charge in [0.1, 0.15) is 24.7 Å². The van der Waals surface area contributed by atoms with Gasteiger partial charge in [0.05, 0.1) is 33.0 Å². The fourth-order valence-corrected chi connectivity index (χ4v) is 2.30. The van der Waals surface area contributed by atoms with E-state index in [-0.39, 0.29) is 32.8 Å². The Morgan fingerprint density at radius 3 is 1.89 bits per heavy atom. The molecule has 0 spiro atoms. The molecule has 0 radical (unpaired) electrons. The molecule has 200 valence electrons. The van der Waals surface area contributed by atoms with Gasteiger partial charge in [-0.1, -0.05) is 0 Å². The van der Waals surface area contributed by atoms with E-state index in [1.54, 1.807) is 0 Å². The summed E-state index contributed by atoms with van der Waals surface area (Å²) in [6.07, 6.45) is -0.675. The second-order valence-corrected chi connectivity index (χ2v) is 6.90. The summed E-state index contributed by atoms with van der Waals surface area (Å²) in [5, 5.41) is 35.7. The van der Waals surface area contributed by atoms with E-state index in [0.717, 1.165) is 0 Å². The van der Waals surface area contributed by atoms with Crippen molar-refractivity contribution >= 4 is 35.6 Å². The van der Waals surface area contributed by atoms with Crippen LogP contribution in [-0.2, 0) is 33.4 Å². The molecule has 6 amide bonds. The molecule has 3 atom stereocenters. The van der Waals surface area contributed by atoms with Crippen LogP contribution in [0, 0.1) is 0 Å². The Hall–Kier alpha value is -3.54. The summed E-state index contributed by atoms with van der Waals surface area (Å²) in [5.74, 6) is -4.47. The molecule has 0 bridgehead atoms. The van der Waals surface area contributed by atoms with Crippen molar-refractivity contribution < 1.29 is 53.6 Å². The number of carbonyl (C=O) groups excluding carboxylic acids is 5. The van der Waals surface area contributed by atoms with E-state index < -0.39 is 80.0 Å². The summed E-state index contributed by atoms with van der Waals surface area (Å²) in [6, 6.07) is -4.87. The Balaban J connectivity index is 4.13. The normalized spacial score (nSPS) is 13.1. The van der Waals surface area contributed by atoms with Gasteiger partial charge in [0.25, 0.3) is 0 Å². The maximum absolute atomic E-state index is 12.1. The van der Waals surface area contributed by atoms with Crippen molar-refractivity contribution in [2.75, 3.05) is 46.2 Å². The fraction of sp³-hybridized carbons (Fsp3) is 0.667. The molecule has 0 rings (SSSR count). The first kappa shape index (κ1) is 31.5. The van der Waals surface area contributed by atoms with Crippen LogP contribution >= 0.6 is 0 Å². The van der Waals surface area contributed by atoms with E-state index >= 15 is 0 Å². The number of primary amides is 2. The Morgan fingerprint density at radius 2 is 1.34 bits per heavy atom. The van der Waals surface area contributed by atoms with E-state index in [0.29, 0.717) is 0 Å². The van der Waals surface area contributed by atoms with Gasteiger partial charge in [-0.25, -0.2) is 4.79 Å². The molecular weight excluding hydrogens is 476 g/mol. The number of amides is 6. The largest absolute Gasteiger partial charge is 0.481 e. The molecule has 0 heterocycles. The van der Waals surface area contributed by atoms with Crippen molar-refractivity contribution in [1.82, 2.24) is 21.3 Å². The average Bonchev–Trinajstić information content (AvgIpc) is 2.79. The van der Waals surface area contributed by atoms with E-state index in [1.807, 2.05) is 0 Å². The number of carbonyl (C=O) groups is 6. The Kier molecular flexibility index (Phi) is 16.1. The summed E-state index contributed by atoms with van der Waals surface area (Å²) in [4.78, 5) is 68.3. The third-order valence-electron chi connectivity index (χ3n) is 4.11. The molecule has 0 unspecified atom stereocenters. The molecule has 0 aromatic rings. The molecule has 0 aliphatic heterocycles. The lowest BCUT2D eigenvalue weighted by Gasteiger charge is -2.19. The summed E-state index contributed by atoms with van der Waals surface area (Å²) >= 11 is 0. The monoisotopic (exact) mass is 508 g/mol. The maximum atomic E-state index is 12.1. The maximum Gasteiger partial charge on any atom is 0.316 e. The molecular formula is C18H32N6O11. The minimum Gasteiger partial charge on any atom is -0.481 e. The number of rotatable bonds is 19. The number of nitrogens with two attached hydrogens (primary N) is 2. The van der Waals surface area contributed by atoms with Crippen molar-refractivity contribution in [3.05, 3.63) is 0 Å². The number of carboxylic acids is 1. The molecule has 35 heavy (non-hydrogen) atoms. The van der Waals surface area contributed by atoms with Crippen LogP contribution in [0.5, 0.6) is 0 Å². The number of urea groups is 1. The second-order valence-electron chi connectivity index (χ2n) is 6.90. The molecule has 17 nitrogen and oxygen atoms in total. The third-order valence-corrected chi connectivity index (χ3v) is 4.11. The summed E-state index contributed by atoms with van der Waals surface area (Å²) in [7, 11) is 0. The first-order chi connectivity index (χ1) is 16.5. The van der Waals surface area contributed by atoms with E-state index in [4.69, 9.17) is 31.2 Å². The van der Waals surface area contributed by atoms with Crippen LogP contribution in [-0.4, -0.2) is 115 Å². The predicted octanol–water partition coefficient (Wildman–Crippen LogP) is -5.52. The van der Waals surface area contributed by atoms with Crippen molar-refractivity contribution in [1.29, 1.82) is 0 Å². The van der Waals surface area contributed by atoms with Crippen LogP contribution in [0.25, 0.3) is 0 Å². The van der Waals surface area contributed by atoms with Crippen LogP contribution < -0.4 is 32.7 Å². The highest BCUT2D eigenvalue weighted by Crippen LogP contribution is 1.97. The number of aliphatic hydroxyl groups is 2. The highest BCUT2D eigenvalue weighted by molar-refractivity contribution is 5.90. The Morgan fingerprint density at radius 1 is 0.771 bits per heavy atom. The van der Waals surface area contributed by atoms with E-state index in [2.05, 4.69) is 21.3 Å². The molecule has 0 aromatic carbocycles. The van der Waals surface area contributed by atoms with E-state index in [9.17, 15) is 33.9 Å². The number of aliphatic carboxylic acids is 1. The lowest BCUT2D eigenvalue weighted by atomic mass is 10.1. The van der Waals surface area contributed by atoms with Gasteiger partial charge < -0.3 is 57.5 Å². The number of nitrogens with one attached hydrogen (secondary N) is 4. The molecule has 0 aromatic heterocycles. The van der Waals surface area contributed by atoms with Crippen molar-refractivity contribution in [3.8, 4) is 0 Å². The molecule has 0 fully saturated rings.